The van der Waals surface area contributed by atoms with E-state index in [4.69, 9.17) is 4.74 Å². The number of Topliss-reactive ketones (excluding diaryl/α,β-unsaturated/α-hetero) is 1. The zero-order valence-corrected chi connectivity index (χ0v) is 16.7. The number of quaternary nitrogens is 1. The number of carbonyl (C=O) groups is 2. The van der Waals surface area contributed by atoms with Crippen molar-refractivity contribution in [2.24, 2.45) is 0 Å². The molecule has 0 bridgehead atoms. The lowest BCUT2D eigenvalue weighted by molar-refractivity contribution is -0.923. The maximum atomic E-state index is 12.7. The number of hydrogen-bond acceptors (Lipinski definition) is 3. The zero-order chi connectivity index (χ0) is 19.8. The average Bonchev–Trinajstić information content (AvgIpc) is 3.52. The number of nitrogens with one attached hydrogen (secondary N) is 1. The number of hydrogen-bond donors (Lipinski definition) is 1. The van der Waals surface area contributed by atoms with Crippen LogP contribution in [-0.2, 0) is 11.3 Å². The third kappa shape index (κ3) is 3.54. The van der Waals surface area contributed by atoms with Crippen LogP contribution in [-0.4, -0.2) is 31.5 Å². The van der Waals surface area contributed by atoms with Crippen molar-refractivity contribution in [3.63, 3.8) is 0 Å². The highest BCUT2D eigenvalue weighted by Gasteiger charge is 2.41. The van der Waals surface area contributed by atoms with E-state index in [1.165, 1.54) is 23.3 Å². The lowest BCUT2D eigenvalue weighted by atomic mass is 9.99. The minimum Gasteiger partial charge on any atom is -0.497 e. The van der Waals surface area contributed by atoms with E-state index < -0.39 is 5.91 Å². The van der Waals surface area contributed by atoms with Crippen LogP contribution >= 0.6 is 0 Å². The Bertz CT molecular complexity index is 901. The van der Waals surface area contributed by atoms with E-state index in [2.05, 4.69) is 26.0 Å². The minimum atomic E-state index is -0.399. The van der Waals surface area contributed by atoms with Crippen LogP contribution in [0.3, 0.4) is 0 Å². The number of nitrogens with zero attached hydrogens (tertiary/aromatic N) is 1. The molecule has 1 atom stereocenters. The molecule has 0 radical (unpaired) electrons. The number of benzene rings is 2. The van der Waals surface area contributed by atoms with E-state index in [0.29, 0.717) is 24.2 Å². The largest absolute Gasteiger partial charge is 0.497 e. The zero-order valence-electron chi connectivity index (χ0n) is 16.7. The quantitative estimate of drug-likeness (QED) is 0.753. The number of ketones is 1. The first kappa shape index (κ1) is 18.7. The highest BCUT2D eigenvalue weighted by molar-refractivity contribution is 6.52. The molecule has 28 heavy (non-hydrogen) atoms. The van der Waals surface area contributed by atoms with Crippen molar-refractivity contribution >= 4 is 17.4 Å². The first-order valence-electron chi connectivity index (χ1n) is 9.95. The number of rotatable bonds is 7. The normalized spacial score (nSPS) is 17.2. The molecule has 2 aromatic carbocycles. The number of anilines is 1. The van der Waals surface area contributed by atoms with Crippen LogP contribution in [0.4, 0.5) is 5.69 Å². The second kappa shape index (κ2) is 7.40. The highest BCUT2D eigenvalue weighted by Crippen LogP contribution is 2.31. The summed E-state index contributed by atoms with van der Waals surface area (Å²) in [6.45, 7) is 5.53. The molecule has 1 aliphatic carbocycles. The van der Waals surface area contributed by atoms with Crippen molar-refractivity contribution < 1.29 is 19.2 Å². The van der Waals surface area contributed by atoms with Crippen LogP contribution in [0.25, 0.3) is 0 Å². The van der Waals surface area contributed by atoms with Gasteiger partial charge >= 0.3 is 5.91 Å². The van der Waals surface area contributed by atoms with Gasteiger partial charge in [0.25, 0.3) is 5.78 Å². The summed E-state index contributed by atoms with van der Waals surface area (Å²) < 4.78 is 5.24. The number of fused-ring (bicyclic) bond motifs is 1. The Morgan fingerprint density at radius 3 is 2.43 bits per heavy atom. The molecule has 0 spiro atoms. The molecule has 0 saturated heterocycles. The molecule has 2 aromatic rings. The Morgan fingerprint density at radius 2 is 1.82 bits per heavy atom. The fraction of sp³-hybridized carbons (Fsp3) is 0.391. The minimum absolute atomic E-state index is 0.325. The molecule has 1 unspecified atom stereocenters. The fourth-order valence-corrected chi connectivity index (χ4v) is 3.86. The van der Waals surface area contributed by atoms with E-state index >= 15 is 0 Å². The Balaban J connectivity index is 1.56. The first-order chi connectivity index (χ1) is 13.5. The van der Waals surface area contributed by atoms with Crippen molar-refractivity contribution in [1.82, 2.24) is 0 Å². The molecule has 1 fully saturated rings. The summed E-state index contributed by atoms with van der Waals surface area (Å²) in [4.78, 5) is 28.3. The molecule has 146 valence electrons. The van der Waals surface area contributed by atoms with Crippen LogP contribution in [0.15, 0.2) is 42.5 Å². The molecular formula is C23H27N2O3+. The van der Waals surface area contributed by atoms with Gasteiger partial charge in [-0.15, -0.1) is 0 Å². The summed E-state index contributed by atoms with van der Waals surface area (Å²) in [5.74, 6) is 0.388. The van der Waals surface area contributed by atoms with Gasteiger partial charge in [-0.05, 0) is 47.9 Å². The van der Waals surface area contributed by atoms with E-state index in [1.54, 1.807) is 12.0 Å². The van der Waals surface area contributed by atoms with E-state index in [1.807, 2.05) is 30.3 Å². The Morgan fingerprint density at radius 1 is 1.11 bits per heavy atom. The second-order valence-corrected chi connectivity index (χ2v) is 8.11. The molecule has 0 aromatic heterocycles. The highest BCUT2D eigenvalue weighted by atomic mass is 16.5. The lowest BCUT2D eigenvalue weighted by Gasteiger charge is -2.25. The number of ether oxygens (including phenoxy) is 1. The molecule has 1 amide bonds. The van der Waals surface area contributed by atoms with Crippen LogP contribution in [0.1, 0.15) is 54.1 Å². The van der Waals surface area contributed by atoms with Gasteiger partial charge in [0.05, 0.1) is 24.4 Å². The monoisotopic (exact) mass is 379 g/mol. The molecule has 1 N–H and O–H groups in total. The van der Waals surface area contributed by atoms with Gasteiger partial charge in [0, 0.05) is 18.4 Å². The van der Waals surface area contributed by atoms with Crippen LogP contribution < -0.4 is 14.5 Å². The summed E-state index contributed by atoms with van der Waals surface area (Å²) in [6.07, 6.45) is 2.33. The third-order valence-electron chi connectivity index (χ3n) is 5.77. The van der Waals surface area contributed by atoms with Crippen molar-refractivity contribution in [3.8, 4) is 5.75 Å². The molecule has 1 heterocycles. The molecular weight excluding hydrogens is 352 g/mol. The van der Waals surface area contributed by atoms with Crippen LogP contribution in [0.5, 0.6) is 5.75 Å². The summed E-state index contributed by atoms with van der Waals surface area (Å²) in [7, 11) is 1.66. The summed E-state index contributed by atoms with van der Waals surface area (Å²) in [5.41, 5.74) is 3.60. The molecule has 5 nitrogen and oxygen atoms in total. The predicted molar refractivity (Wildman–Crippen MR) is 108 cm³/mol. The maximum Gasteiger partial charge on any atom is 0.303 e. The standard InChI is InChI=1S/C23H26N2O3/c1-15(2)17-6-11-21-20(12-17)22(26)23(27)25(21)14-24(18-7-8-18)13-16-4-9-19(28-3)10-5-16/h4-6,9-12,15,18H,7-8,13-14H2,1-3H3/p+1. The van der Waals surface area contributed by atoms with Gasteiger partial charge in [0.1, 0.15) is 12.3 Å². The van der Waals surface area contributed by atoms with Crippen LogP contribution in [0, 0.1) is 0 Å². The predicted octanol–water partition coefficient (Wildman–Crippen LogP) is 2.55. The summed E-state index contributed by atoms with van der Waals surface area (Å²) >= 11 is 0. The SMILES string of the molecule is COc1ccc(C[NH+](CN2C(=O)C(=O)c3cc(C(C)C)ccc32)C2CC2)cc1. The third-order valence-corrected chi connectivity index (χ3v) is 5.77. The van der Waals surface area contributed by atoms with Gasteiger partial charge in [-0.3, -0.25) is 14.5 Å². The number of methoxy groups -OCH3 is 1. The topological polar surface area (TPSA) is 51.1 Å². The van der Waals surface area contributed by atoms with E-state index in [9.17, 15) is 9.59 Å². The van der Waals surface area contributed by atoms with Crippen molar-refractivity contribution in [1.29, 1.82) is 0 Å². The fourth-order valence-electron chi connectivity index (χ4n) is 3.86. The molecule has 4 rings (SSSR count). The van der Waals surface area contributed by atoms with Gasteiger partial charge < -0.3 is 9.64 Å². The average molecular weight is 379 g/mol. The van der Waals surface area contributed by atoms with Gasteiger partial charge in [-0.25, -0.2) is 0 Å². The van der Waals surface area contributed by atoms with Gasteiger partial charge in [0.15, 0.2) is 6.67 Å². The summed E-state index contributed by atoms with van der Waals surface area (Å²) in [6, 6.07) is 14.5. The molecule has 2 aliphatic rings. The number of amides is 1. The molecule has 1 saturated carbocycles. The molecule has 5 heteroatoms. The van der Waals surface area contributed by atoms with E-state index in [-0.39, 0.29) is 5.78 Å². The van der Waals surface area contributed by atoms with Crippen molar-refractivity contribution in [2.75, 3.05) is 18.7 Å². The van der Waals surface area contributed by atoms with Crippen LogP contribution in [0.2, 0.25) is 0 Å². The Kier molecular flexibility index (Phi) is 4.94. The van der Waals surface area contributed by atoms with Gasteiger partial charge in [-0.1, -0.05) is 19.9 Å². The first-order valence-corrected chi connectivity index (χ1v) is 9.95. The summed E-state index contributed by atoms with van der Waals surface area (Å²) in [5, 5.41) is 0. The lowest BCUT2D eigenvalue weighted by Crippen LogP contribution is -3.13. The van der Waals surface area contributed by atoms with E-state index in [0.717, 1.165) is 23.5 Å². The second-order valence-electron chi connectivity index (χ2n) is 8.11. The van der Waals surface area contributed by atoms with Gasteiger partial charge in [0.2, 0.25) is 0 Å². The Hall–Kier alpha value is -2.66. The molecule has 1 aliphatic heterocycles. The maximum absolute atomic E-state index is 12.7. The number of carbonyl (C=O) groups excluding carboxylic acids is 2. The Labute approximate surface area is 165 Å². The van der Waals surface area contributed by atoms with Gasteiger partial charge in [-0.2, -0.15) is 0 Å². The van der Waals surface area contributed by atoms with Crippen molar-refractivity contribution in [3.05, 3.63) is 59.2 Å². The smallest absolute Gasteiger partial charge is 0.303 e. The van der Waals surface area contributed by atoms with Crippen molar-refractivity contribution in [2.45, 2.75) is 45.2 Å².